The van der Waals surface area contributed by atoms with Gasteiger partial charge in [-0.1, -0.05) is 25.1 Å². The molecular weight excluding hydrogens is 334 g/mol. The van der Waals surface area contributed by atoms with Crippen LogP contribution in [-0.2, 0) is 11.2 Å². The summed E-state index contributed by atoms with van der Waals surface area (Å²) in [4.78, 5) is 18.0. The van der Waals surface area contributed by atoms with Crippen LogP contribution in [0.2, 0.25) is 0 Å². The molecule has 1 aliphatic rings. The van der Waals surface area contributed by atoms with Crippen LogP contribution in [0, 0.1) is 5.92 Å². The third-order valence-electron chi connectivity index (χ3n) is 5.60. The Kier molecular flexibility index (Phi) is 5.14. The Morgan fingerprint density at radius 3 is 2.63 bits per heavy atom. The van der Waals surface area contributed by atoms with Gasteiger partial charge in [-0.3, -0.25) is 4.79 Å². The van der Waals surface area contributed by atoms with Gasteiger partial charge < -0.3 is 15.2 Å². The van der Waals surface area contributed by atoms with Crippen molar-refractivity contribution in [3.63, 3.8) is 0 Å². The minimum atomic E-state index is 0.0554. The van der Waals surface area contributed by atoms with Crippen LogP contribution >= 0.6 is 0 Å². The Morgan fingerprint density at radius 1 is 1.11 bits per heavy atom. The molecule has 140 valence electrons. The molecule has 0 radical (unpaired) electrons. The molecule has 3 aromatic rings. The van der Waals surface area contributed by atoms with Crippen molar-refractivity contribution < 1.29 is 4.79 Å². The van der Waals surface area contributed by atoms with E-state index in [1.54, 1.807) is 0 Å². The molecule has 2 heterocycles. The van der Waals surface area contributed by atoms with Crippen LogP contribution < -0.4 is 10.2 Å². The van der Waals surface area contributed by atoms with Crippen molar-refractivity contribution in [1.29, 1.82) is 0 Å². The number of rotatable bonds is 5. The third-order valence-corrected chi connectivity index (χ3v) is 5.60. The van der Waals surface area contributed by atoms with E-state index < -0.39 is 0 Å². The highest BCUT2D eigenvalue weighted by Crippen LogP contribution is 2.24. The maximum Gasteiger partial charge on any atom is 0.224 e. The molecule has 2 N–H and O–H groups in total. The molecule has 0 bridgehead atoms. The van der Waals surface area contributed by atoms with Gasteiger partial charge in [0, 0.05) is 48.0 Å². The Morgan fingerprint density at radius 2 is 1.85 bits per heavy atom. The van der Waals surface area contributed by atoms with Gasteiger partial charge in [0.2, 0.25) is 5.91 Å². The Labute approximate surface area is 160 Å². The van der Waals surface area contributed by atoms with Gasteiger partial charge >= 0.3 is 0 Å². The first-order chi connectivity index (χ1) is 13.2. The molecule has 1 aromatic heterocycles. The zero-order valence-corrected chi connectivity index (χ0v) is 15.9. The lowest BCUT2D eigenvalue weighted by atomic mass is 9.99. The molecule has 1 saturated heterocycles. The number of aryl methyl sites for hydroxylation is 1. The van der Waals surface area contributed by atoms with Gasteiger partial charge in [0.15, 0.2) is 0 Å². The van der Waals surface area contributed by atoms with E-state index in [4.69, 9.17) is 0 Å². The lowest BCUT2D eigenvalue weighted by molar-refractivity contribution is -0.116. The SMILES string of the molecule is CC1CCN(c2ccc(NC(=O)CCc3c[nH]c4ccccc34)cc2)CC1. The number of amides is 1. The van der Waals surface area contributed by atoms with Crippen molar-refractivity contribution in [2.45, 2.75) is 32.6 Å². The molecule has 27 heavy (non-hydrogen) atoms. The van der Waals surface area contributed by atoms with Gasteiger partial charge in [0.25, 0.3) is 0 Å². The number of H-pyrrole nitrogens is 1. The molecule has 0 saturated carbocycles. The molecule has 4 heteroatoms. The zero-order valence-electron chi connectivity index (χ0n) is 15.9. The van der Waals surface area contributed by atoms with E-state index >= 15 is 0 Å². The van der Waals surface area contributed by atoms with Crippen LogP contribution in [0.5, 0.6) is 0 Å². The molecule has 1 amide bonds. The molecule has 0 atom stereocenters. The smallest absolute Gasteiger partial charge is 0.224 e. The van der Waals surface area contributed by atoms with Gasteiger partial charge in [-0.2, -0.15) is 0 Å². The fraction of sp³-hybridized carbons (Fsp3) is 0.348. The summed E-state index contributed by atoms with van der Waals surface area (Å²) < 4.78 is 0. The van der Waals surface area contributed by atoms with Gasteiger partial charge in [-0.25, -0.2) is 0 Å². The van der Waals surface area contributed by atoms with Crippen LogP contribution in [0.1, 0.15) is 31.7 Å². The lowest BCUT2D eigenvalue weighted by Gasteiger charge is -2.32. The number of fused-ring (bicyclic) bond motifs is 1. The third kappa shape index (κ3) is 4.16. The van der Waals surface area contributed by atoms with E-state index in [0.29, 0.717) is 6.42 Å². The predicted molar refractivity (Wildman–Crippen MR) is 112 cm³/mol. The summed E-state index contributed by atoms with van der Waals surface area (Å²) >= 11 is 0. The highest BCUT2D eigenvalue weighted by Gasteiger charge is 2.16. The van der Waals surface area contributed by atoms with Gasteiger partial charge in [-0.15, -0.1) is 0 Å². The van der Waals surface area contributed by atoms with E-state index in [-0.39, 0.29) is 5.91 Å². The van der Waals surface area contributed by atoms with Crippen LogP contribution in [-0.4, -0.2) is 24.0 Å². The fourth-order valence-electron chi connectivity index (χ4n) is 3.83. The quantitative estimate of drug-likeness (QED) is 0.674. The van der Waals surface area contributed by atoms with Crippen molar-refractivity contribution >= 4 is 28.2 Å². The molecule has 0 unspecified atom stereocenters. The largest absolute Gasteiger partial charge is 0.372 e. The Hall–Kier alpha value is -2.75. The summed E-state index contributed by atoms with van der Waals surface area (Å²) in [6.45, 7) is 4.57. The summed E-state index contributed by atoms with van der Waals surface area (Å²) in [6.07, 6.45) is 5.73. The highest BCUT2D eigenvalue weighted by atomic mass is 16.1. The number of nitrogens with one attached hydrogen (secondary N) is 2. The zero-order chi connectivity index (χ0) is 18.6. The van der Waals surface area contributed by atoms with Crippen molar-refractivity contribution in [3.05, 3.63) is 60.3 Å². The number of nitrogens with zero attached hydrogens (tertiary/aromatic N) is 1. The van der Waals surface area contributed by atoms with E-state index in [9.17, 15) is 4.79 Å². The van der Waals surface area contributed by atoms with Crippen molar-refractivity contribution in [1.82, 2.24) is 4.98 Å². The number of carbonyl (C=O) groups excluding carboxylic acids is 1. The summed E-state index contributed by atoms with van der Waals surface area (Å²) in [5, 5.41) is 4.22. The summed E-state index contributed by atoms with van der Waals surface area (Å²) in [5.74, 6) is 0.886. The molecule has 0 spiro atoms. The minimum absolute atomic E-state index is 0.0554. The first-order valence-corrected chi connectivity index (χ1v) is 9.89. The second-order valence-corrected chi connectivity index (χ2v) is 7.62. The summed E-state index contributed by atoms with van der Waals surface area (Å²) in [6, 6.07) is 16.5. The number of carbonyl (C=O) groups is 1. The average molecular weight is 361 g/mol. The number of hydrogen-bond donors (Lipinski definition) is 2. The monoisotopic (exact) mass is 361 g/mol. The Bertz CT molecular complexity index is 905. The van der Waals surface area contributed by atoms with Crippen molar-refractivity contribution in [3.8, 4) is 0 Å². The molecule has 0 aliphatic carbocycles. The second-order valence-electron chi connectivity index (χ2n) is 7.62. The van der Waals surface area contributed by atoms with Crippen molar-refractivity contribution in [2.24, 2.45) is 5.92 Å². The van der Waals surface area contributed by atoms with E-state index in [0.717, 1.165) is 36.6 Å². The maximum absolute atomic E-state index is 12.3. The topological polar surface area (TPSA) is 48.1 Å². The maximum atomic E-state index is 12.3. The first-order valence-electron chi connectivity index (χ1n) is 9.89. The van der Waals surface area contributed by atoms with E-state index in [1.807, 2.05) is 30.5 Å². The molecule has 1 fully saturated rings. The molecule has 4 rings (SSSR count). The molecule has 2 aromatic carbocycles. The van der Waals surface area contributed by atoms with Gasteiger partial charge in [-0.05, 0) is 61.1 Å². The first kappa shape index (κ1) is 17.7. The summed E-state index contributed by atoms with van der Waals surface area (Å²) in [5.41, 5.74) is 4.43. The minimum Gasteiger partial charge on any atom is -0.372 e. The van der Waals surface area contributed by atoms with Crippen LogP contribution in [0.3, 0.4) is 0 Å². The molecular formula is C23H27N3O. The van der Waals surface area contributed by atoms with E-state index in [2.05, 4.69) is 46.4 Å². The van der Waals surface area contributed by atoms with Gasteiger partial charge in [0.1, 0.15) is 0 Å². The average Bonchev–Trinajstić information content (AvgIpc) is 3.11. The predicted octanol–water partition coefficient (Wildman–Crippen LogP) is 4.98. The number of benzene rings is 2. The number of para-hydroxylation sites is 1. The molecule has 4 nitrogen and oxygen atoms in total. The van der Waals surface area contributed by atoms with Crippen LogP contribution in [0.15, 0.2) is 54.7 Å². The highest BCUT2D eigenvalue weighted by molar-refractivity contribution is 5.91. The standard InChI is InChI=1S/C23H27N3O/c1-17-12-14-26(15-13-17)20-9-7-19(8-10-20)25-23(27)11-6-18-16-24-22-5-3-2-4-21(18)22/h2-5,7-10,16-17,24H,6,11-15H2,1H3,(H,25,27). The second kappa shape index (κ2) is 7.87. The number of aromatic amines is 1. The fourth-order valence-corrected chi connectivity index (χ4v) is 3.83. The van der Waals surface area contributed by atoms with Crippen molar-refractivity contribution in [2.75, 3.05) is 23.3 Å². The van der Waals surface area contributed by atoms with Gasteiger partial charge in [0.05, 0.1) is 0 Å². The van der Waals surface area contributed by atoms with Crippen LogP contribution in [0.25, 0.3) is 10.9 Å². The normalized spacial score (nSPS) is 15.2. The summed E-state index contributed by atoms with van der Waals surface area (Å²) in [7, 11) is 0. The van der Waals surface area contributed by atoms with Crippen LogP contribution in [0.4, 0.5) is 11.4 Å². The number of hydrogen-bond acceptors (Lipinski definition) is 2. The Balaban J connectivity index is 1.31. The van der Waals surface area contributed by atoms with E-state index in [1.165, 1.54) is 29.5 Å². The number of anilines is 2. The number of piperidine rings is 1. The lowest BCUT2D eigenvalue weighted by Crippen LogP contribution is -2.32. The number of aromatic nitrogens is 1. The molecule has 1 aliphatic heterocycles.